The van der Waals surface area contributed by atoms with E-state index in [-0.39, 0.29) is 0 Å². The average Bonchev–Trinajstić information content (AvgIpc) is 3.09. The Hall–Kier alpha value is -1.70. The van der Waals surface area contributed by atoms with Gasteiger partial charge in [0.05, 0.1) is 31.1 Å². The molecule has 1 aliphatic heterocycles. The fourth-order valence-electron chi connectivity index (χ4n) is 2.96. The molecule has 0 bridgehead atoms. The Bertz CT molecular complexity index is 591. The summed E-state index contributed by atoms with van der Waals surface area (Å²) < 4.78 is 3.87. The molecule has 1 N–H and O–H groups in total. The van der Waals surface area contributed by atoms with Gasteiger partial charge in [0.25, 0.3) is 0 Å². The van der Waals surface area contributed by atoms with E-state index in [4.69, 9.17) is 0 Å². The number of hydrogen-bond acceptors (Lipinski definition) is 5. The van der Waals surface area contributed by atoms with Gasteiger partial charge in [-0.25, -0.2) is 0 Å². The molecular weight excluding hydrogens is 280 g/mol. The minimum atomic E-state index is -0.410. The molecule has 1 unspecified atom stereocenters. The van der Waals surface area contributed by atoms with Crippen molar-refractivity contribution in [1.82, 2.24) is 29.4 Å². The zero-order valence-electron chi connectivity index (χ0n) is 13.3. The maximum atomic E-state index is 10.3. The first-order valence-corrected chi connectivity index (χ1v) is 7.68. The van der Waals surface area contributed by atoms with Crippen LogP contribution in [0.5, 0.6) is 0 Å². The maximum absolute atomic E-state index is 10.3. The van der Waals surface area contributed by atoms with Crippen LogP contribution in [0, 0.1) is 0 Å². The number of nitrogens with zero attached hydrogens (tertiary/aromatic N) is 6. The molecule has 7 heteroatoms. The van der Waals surface area contributed by atoms with Crippen molar-refractivity contribution in [3.63, 3.8) is 0 Å². The Balaban J connectivity index is 1.60. The van der Waals surface area contributed by atoms with Gasteiger partial charge in [-0.3, -0.25) is 14.3 Å². The molecule has 0 fully saturated rings. The third kappa shape index (κ3) is 3.55. The van der Waals surface area contributed by atoms with Gasteiger partial charge in [-0.05, 0) is 20.2 Å². The van der Waals surface area contributed by atoms with Gasteiger partial charge < -0.3 is 10.0 Å². The maximum Gasteiger partial charge on any atom is 0.0862 e. The van der Waals surface area contributed by atoms with Crippen LogP contribution in [0.25, 0.3) is 0 Å². The molecule has 2 aromatic heterocycles. The highest BCUT2D eigenvalue weighted by Crippen LogP contribution is 2.18. The molecule has 3 rings (SSSR count). The van der Waals surface area contributed by atoms with E-state index >= 15 is 0 Å². The molecule has 7 nitrogen and oxygen atoms in total. The number of aliphatic hydroxyl groups excluding tert-OH is 1. The van der Waals surface area contributed by atoms with E-state index in [2.05, 4.69) is 38.8 Å². The monoisotopic (exact) mass is 304 g/mol. The predicted molar refractivity (Wildman–Crippen MR) is 83.1 cm³/mol. The third-order valence-electron chi connectivity index (χ3n) is 3.95. The first-order chi connectivity index (χ1) is 10.6. The van der Waals surface area contributed by atoms with Gasteiger partial charge in [0.2, 0.25) is 0 Å². The molecule has 0 aromatic carbocycles. The smallest absolute Gasteiger partial charge is 0.0862 e. The van der Waals surface area contributed by atoms with Crippen molar-refractivity contribution in [1.29, 1.82) is 0 Å². The number of β-amino-alcohol motifs (C(OH)–C–C–N with tert-alkyl or cyclic N) is 1. The van der Waals surface area contributed by atoms with Crippen LogP contribution < -0.4 is 0 Å². The lowest BCUT2D eigenvalue weighted by molar-refractivity contribution is 0.0803. The Kier molecular flexibility index (Phi) is 4.56. The molecule has 22 heavy (non-hydrogen) atoms. The van der Waals surface area contributed by atoms with Crippen LogP contribution in [0.2, 0.25) is 0 Å². The van der Waals surface area contributed by atoms with E-state index in [1.54, 1.807) is 10.9 Å². The van der Waals surface area contributed by atoms with Gasteiger partial charge >= 0.3 is 0 Å². The second-order valence-electron chi connectivity index (χ2n) is 6.19. The minimum Gasteiger partial charge on any atom is -0.390 e. The number of aliphatic hydroxyl groups is 1. The van der Waals surface area contributed by atoms with E-state index in [9.17, 15) is 5.11 Å². The SMILES string of the molecule is CN(C)Cc1cnn2c1CN(CC(O)Cn1cccn1)CC2. The lowest BCUT2D eigenvalue weighted by atomic mass is 10.2. The molecule has 1 aliphatic rings. The number of rotatable bonds is 6. The van der Waals surface area contributed by atoms with Crippen LogP contribution in [0.4, 0.5) is 0 Å². The van der Waals surface area contributed by atoms with Crippen LogP contribution in [-0.4, -0.2) is 67.8 Å². The quantitative estimate of drug-likeness (QED) is 0.815. The average molecular weight is 304 g/mol. The molecule has 0 saturated heterocycles. The highest BCUT2D eigenvalue weighted by Gasteiger charge is 2.22. The zero-order valence-corrected chi connectivity index (χ0v) is 13.3. The summed E-state index contributed by atoms with van der Waals surface area (Å²) in [7, 11) is 4.14. The van der Waals surface area contributed by atoms with Gasteiger partial charge in [0.1, 0.15) is 0 Å². The Labute approximate surface area is 130 Å². The van der Waals surface area contributed by atoms with Crippen LogP contribution in [0.3, 0.4) is 0 Å². The molecule has 0 aliphatic carbocycles. The second-order valence-corrected chi connectivity index (χ2v) is 6.19. The second kappa shape index (κ2) is 6.60. The summed E-state index contributed by atoms with van der Waals surface area (Å²) in [5.41, 5.74) is 2.54. The highest BCUT2D eigenvalue weighted by molar-refractivity contribution is 5.19. The summed E-state index contributed by atoms with van der Waals surface area (Å²) in [5.74, 6) is 0. The zero-order chi connectivity index (χ0) is 15.5. The van der Waals surface area contributed by atoms with Gasteiger partial charge in [0.15, 0.2) is 0 Å². The molecule has 3 heterocycles. The molecule has 120 valence electrons. The summed E-state index contributed by atoms with van der Waals surface area (Å²) >= 11 is 0. The fourth-order valence-corrected chi connectivity index (χ4v) is 2.96. The fraction of sp³-hybridized carbons (Fsp3) is 0.600. The van der Waals surface area contributed by atoms with Crippen molar-refractivity contribution in [3.8, 4) is 0 Å². The topological polar surface area (TPSA) is 62.4 Å². The van der Waals surface area contributed by atoms with Crippen molar-refractivity contribution >= 4 is 0 Å². The normalized spacial score (nSPS) is 16.9. The van der Waals surface area contributed by atoms with Crippen LogP contribution in [0.1, 0.15) is 11.3 Å². The van der Waals surface area contributed by atoms with Gasteiger partial charge in [-0.15, -0.1) is 0 Å². The molecule has 2 aromatic rings. The van der Waals surface area contributed by atoms with Crippen molar-refractivity contribution in [3.05, 3.63) is 35.9 Å². The molecule has 0 amide bonds. The van der Waals surface area contributed by atoms with Gasteiger partial charge in [-0.1, -0.05) is 0 Å². The summed E-state index contributed by atoms with van der Waals surface area (Å²) in [6.45, 7) is 4.75. The lowest BCUT2D eigenvalue weighted by Crippen LogP contribution is -2.40. The lowest BCUT2D eigenvalue weighted by Gasteiger charge is -2.30. The standard InChI is InChI=1S/C15H24N6O/c1-18(2)9-13-8-17-21-7-6-19(12-15(13)21)10-14(22)11-20-5-3-4-16-20/h3-5,8,14,22H,6-7,9-12H2,1-2H3. The molecule has 0 radical (unpaired) electrons. The Morgan fingerprint density at radius 1 is 1.27 bits per heavy atom. The van der Waals surface area contributed by atoms with Crippen LogP contribution >= 0.6 is 0 Å². The van der Waals surface area contributed by atoms with E-state index in [0.29, 0.717) is 13.1 Å². The van der Waals surface area contributed by atoms with E-state index in [0.717, 1.165) is 26.2 Å². The van der Waals surface area contributed by atoms with Crippen molar-refractivity contribution in [2.45, 2.75) is 32.3 Å². The van der Waals surface area contributed by atoms with E-state index in [1.807, 2.05) is 18.5 Å². The summed E-state index contributed by atoms with van der Waals surface area (Å²) in [5, 5.41) is 18.9. The molecule has 1 atom stereocenters. The Morgan fingerprint density at radius 3 is 2.86 bits per heavy atom. The molecule has 0 saturated carbocycles. The summed E-state index contributed by atoms with van der Waals surface area (Å²) in [6, 6.07) is 1.87. The predicted octanol–water partition coefficient (Wildman–Crippen LogP) is 0.0179. The molecule has 0 spiro atoms. The highest BCUT2D eigenvalue weighted by atomic mass is 16.3. The molecular formula is C15H24N6O. The van der Waals surface area contributed by atoms with Gasteiger partial charge in [0, 0.05) is 44.1 Å². The van der Waals surface area contributed by atoms with Crippen LogP contribution in [0.15, 0.2) is 24.7 Å². The minimum absolute atomic E-state index is 0.410. The van der Waals surface area contributed by atoms with Crippen molar-refractivity contribution < 1.29 is 5.11 Å². The first kappa shape index (κ1) is 15.2. The first-order valence-electron chi connectivity index (χ1n) is 7.68. The van der Waals surface area contributed by atoms with Crippen molar-refractivity contribution in [2.75, 3.05) is 27.2 Å². The number of aromatic nitrogens is 4. The number of fused-ring (bicyclic) bond motifs is 1. The summed E-state index contributed by atoms with van der Waals surface area (Å²) in [4.78, 5) is 4.45. The summed E-state index contributed by atoms with van der Waals surface area (Å²) in [6.07, 6.45) is 5.18. The largest absolute Gasteiger partial charge is 0.390 e. The third-order valence-corrected chi connectivity index (χ3v) is 3.95. The van der Waals surface area contributed by atoms with Crippen LogP contribution in [-0.2, 0) is 26.2 Å². The van der Waals surface area contributed by atoms with E-state index < -0.39 is 6.10 Å². The number of hydrogen-bond donors (Lipinski definition) is 1. The van der Waals surface area contributed by atoms with Crippen molar-refractivity contribution in [2.24, 2.45) is 0 Å². The van der Waals surface area contributed by atoms with Gasteiger partial charge in [-0.2, -0.15) is 10.2 Å². The Morgan fingerprint density at radius 2 is 2.14 bits per heavy atom. The van der Waals surface area contributed by atoms with E-state index in [1.165, 1.54) is 11.3 Å².